The topological polar surface area (TPSA) is 29.3 Å². The minimum atomic E-state index is -0.390. The average molecular weight is 259 g/mol. The Morgan fingerprint density at radius 1 is 1.41 bits per heavy atom. The van der Waals surface area contributed by atoms with Crippen LogP contribution in [0.4, 0.5) is 4.39 Å². The van der Waals surface area contributed by atoms with Gasteiger partial charge in [-0.25, -0.2) is 4.39 Å². The highest BCUT2D eigenvalue weighted by atomic mass is 35.5. The number of hydrogen-bond acceptors (Lipinski definition) is 2. The summed E-state index contributed by atoms with van der Waals surface area (Å²) in [6.45, 7) is 4.15. The van der Waals surface area contributed by atoms with Crippen LogP contribution >= 0.6 is 11.6 Å². The van der Waals surface area contributed by atoms with Gasteiger partial charge in [-0.05, 0) is 52.1 Å². The van der Waals surface area contributed by atoms with E-state index in [2.05, 4.69) is 18.7 Å². The standard InChI is InChI=1S/C13H20ClFN2/c1-13(2,17(3)4)12(16)8-9-5-6-10(14)11(15)7-9/h5-7,12H,8,16H2,1-4H3. The van der Waals surface area contributed by atoms with Crippen molar-refractivity contribution in [2.45, 2.75) is 31.8 Å². The molecule has 0 heterocycles. The van der Waals surface area contributed by atoms with Crippen molar-refractivity contribution in [3.05, 3.63) is 34.6 Å². The number of hydrogen-bond donors (Lipinski definition) is 1. The van der Waals surface area contributed by atoms with E-state index in [1.54, 1.807) is 6.07 Å². The van der Waals surface area contributed by atoms with Crippen LogP contribution in [0, 0.1) is 5.82 Å². The van der Waals surface area contributed by atoms with Gasteiger partial charge in [0.2, 0.25) is 0 Å². The van der Waals surface area contributed by atoms with Crippen LogP contribution in [0.3, 0.4) is 0 Å². The van der Waals surface area contributed by atoms with E-state index >= 15 is 0 Å². The summed E-state index contributed by atoms with van der Waals surface area (Å²) < 4.78 is 13.3. The number of benzene rings is 1. The zero-order valence-corrected chi connectivity index (χ0v) is 11.6. The summed E-state index contributed by atoms with van der Waals surface area (Å²) in [5.74, 6) is -0.390. The molecule has 0 bridgehead atoms. The molecule has 2 nitrogen and oxygen atoms in total. The van der Waals surface area contributed by atoms with Crippen LogP contribution in [0.1, 0.15) is 19.4 Å². The Labute approximate surface area is 108 Å². The fraction of sp³-hybridized carbons (Fsp3) is 0.538. The summed E-state index contributed by atoms with van der Waals surface area (Å²) in [7, 11) is 3.98. The second-order valence-electron chi connectivity index (χ2n) is 5.11. The molecule has 0 aliphatic carbocycles. The molecule has 4 heteroatoms. The number of nitrogens with zero attached hydrogens (tertiary/aromatic N) is 1. The number of rotatable bonds is 4. The molecule has 1 unspecified atom stereocenters. The summed E-state index contributed by atoms with van der Waals surface area (Å²) in [4.78, 5) is 2.07. The lowest BCUT2D eigenvalue weighted by Gasteiger charge is -2.38. The number of nitrogens with two attached hydrogens (primary N) is 1. The normalized spacial score (nSPS) is 14.1. The van der Waals surface area contributed by atoms with E-state index in [4.69, 9.17) is 17.3 Å². The average Bonchev–Trinajstić information content (AvgIpc) is 2.23. The summed E-state index contributed by atoms with van der Waals surface area (Å²) in [5, 5.41) is 0.147. The van der Waals surface area contributed by atoms with Crippen LogP contribution in [0.15, 0.2) is 18.2 Å². The monoisotopic (exact) mass is 258 g/mol. The molecular weight excluding hydrogens is 239 g/mol. The molecule has 0 fully saturated rings. The Morgan fingerprint density at radius 3 is 2.47 bits per heavy atom. The van der Waals surface area contributed by atoms with Crippen LogP contribution in [-0.2, 0) is 6.42 Å². The highest BCUT2D eigenvalue weighted by Gasteiger charge is 2.28. The number of likely N-dealkylation sites (N-methyl/N-ethyl adjacent to an activating group) is 1. The number of halogens is 2. The van der Waals surface area contributed by atoms with Crippen LogP contribution in [0.5, 0.6) is 0 Å². The van der Waals surface area contributed by atoms with Gasteiger partial charge in [0, 0.05) is 11.6 Å². The zero-order valence-electron chi connectivity index (χ0n) is 10.8. The first kappa shape index (κ1) is 14.4. The maximum atomic E-state index is 13.3. The summed E-state index contributed by atoms with van der Waals surface area (Å²) >= 11 is 5.64. The summed E-state index contributed by atoms with van der Waals surface area (Å²) in [6, 6.07) is 4.77. The first-order valence-corrected chi connectivity index (χ1v) is 6.00. The summed E-state index contributed by atoms with van der Waals surface area (Å²) in [6.07, 6.45) is 0.624. The van der Waals surface area contributed by atoms with Gasteiger partial charge in [-0.15, -0.1) is 0 Å². The van der Waals surface area contributed by atoms with Crippen molar-refractivity contribution in [1.29, 1.82) is 0 Å². The molecule has 0 aliphatic rings. The van der Waals surface area contributed by atoms with Crippen LogP contribution in [-0.4, -0.2) is 30.6 Å². The third-order valence-corrected chi connectivity index (χ3v) is 3.81. The molecule has 0 saturated carbocycles. The van der Waals surface area contributed by atoms with E-state index < -0.39 is 0 Å². The second-order valence-corrected chi connectivity index (χ2v) is 5.51. The summed E-state index contributed by atoms with van der Waals surface area (Å²) in [5.41, 5.74) is 6.90. The fourth-order valence-corrected chi connectivity index (χ4v) is 1.62. The Balaban J connectivity index is 2.81. The third-order valence-electron chi connectivity index (χ3n) is 3.50. The van der Waals surface area contributed by atoms with Crippen molar-refractivity contribution in [1.82, 2.24) is 4.90 Å². The van der Waals surface area contributed by atoms with Gasteiger partial charge in [-0.3, -0.25) is 0 Å². The lowest BCUT2D eigenvalue weighted by molar-refractivity contribution is 0.158. The van der Waals surface area contributed by atoms with E-state index in [1.165, 1.54) is 6.07 Å². The maximum absolute atomic E-state index is 13.3. The van der Waals surface area contributed by atoms with Crippen molar-refractivity contribution in [2.75, 3.05) is 14.1 Å². The van der Waals surface area contributed by atoms with Crippen molar-refractivity contribution in [3.63, 3.8) is 0 Å². The van der Waals surface area contributed by atoms with E-state index in [9.17, 15) is 4.39 Å². The zero-order chi connectivity index (χ0) is 13.2. The minimum absolute atomic E-state index is 0.0712. The first-order chi connectivity index (χ1) is 7.75. The predicted molar refractivity (Wildman–Crippen MR) is 70.9 cm³/mol. The largest absolute Gasteiger partial charge is 0.326 e. The van der Waals surface area contributed by atoms with Gasteiger partial charge in [0.25, 0.3) is 0 Å². The van der Waals surface area contributed by atoms with Crippen molar-refractivity contribution >= 4 is 11.6 Å². The molecule has 17 heavy (non-hydrogen) atoms. The van der Waals surface area contributed by atoms with Gasteiger partial charge in [-0.1, -0.05) is 17.7 Å². The predicted octanol–water partition coefficient (Wildman–Crippen LogP) is 2.69. The SMILES string of the molecule is CN(C)C(C)(C)C(N)Cc1ccc(Cl)c(F)c1. The van der Waals surface area contributed by atoms with Gasteiger partial charge in [0.1, 0.15) is 5.82 Å². The second kappa shape index (κ2) is 5.34. The Hall–Kier alpha value is -0.640. The molecule has 0 saturated heterocycles. The Kier molecular flexibility index (Phi) is 4.53. The molecule has 1 atom stereocenters. The van der Waals surface area contributed by atoms with E-state index in [-0.39, 0.29) is 22.4 Å². The molecule has 0 aliphatic heterocycles. The van der Waals surface area contributed by atoms with E-state index in [1.807, 2.05) is 20.2 Å². The molecule has 0 radical (unpaired) electrons. The minimum Gasteiger partial charge on any atom is -0.326 e. The van der Waals surface area contributed by atoms with Gasteiger partial charge in [0.05, 0.1) is 5.02 Å². The maximum Gasteiger partial charge on any atom is 0.142 e. The van der Waals surface area contributed by atoms with E-state index in [0.29, 0.717) is 6.42 Å². The smallest absolute Gasteiger partial charge is 0.142 e. The molecule has 2 N–H and O–H groups in total. The van der Waals surface area contributed by atoms with Crippen molar-refractivity contribution in [3.8, 4) is 0 Å². The molecular formula is C13H20ClFN2. The molecule has 1 aromatic carbocycles. The lowest BCUT2D eigenvalue weighted by atomic mass is 9.89. The quantitative estimate of drug-likeness (QED) is 0.900. The molecule has 1 aromatic rings. The van der Waals surface area contributed by atoms with Crippen molar-refractivity contribution in [2.24, 2.45) is 5.73 Å². The highest BCUT2D eigenvalue weighted by Crippen LogP contribution is 2.20. The van der Waals surface area contributed by atoms with Crippen LogP contribution in [0.25, 0.3) is 0 Å². The Bertz CT molecular complexity index is 391. The first-order valence-electron chi connectivity index (χ1n) is 5.62. The van der Waals surface area contributed by atoms with Gasteiger partial charge < -0.3 is 10.6 Å². The third kappa shape index (κ3) is 3.41. The molecule has 0 aromatic heterocycles. The lowest BCUT2D eigenvalue weighted by Crippen LogP contribution is -2.54. The van der Waals surface area contributed by atoms with Crippen molar-refractivity contribution < 1.29 is 4.39 Å². The molecule has 1 rings (SSSR count). The van der Waals surface area contributed by atoms with Gasteiger partial charge in [-0.2, -0.15) is 0 Å². The van der Waals surface area contributed by atoms with Crippen LogP contribution < -0.4 is 5.73 Å². The van der Waals surface area contributed by atoms with Gasteiger partial charge in [0.15, 0.2) is 0 Å². The van der Waals surface area contributed by atoms with Crippen LogP contribution in [0.2, 0.25) is 5.02 Å². The Morgan fingerprint density at radius 2 is 2.00 bits per heavy atom. The molecule has 96 valence electrons. The van der Waals surface area contributed by atoms with Gasteiger partial charge >= 0.3 is 0 Å². The molecule has 0 amide bonds. The highest BCUT2D eigenvalue weighted by molar-refractivity contribution is 6.30. The van der Waals surface area contributed by atoms with E-state index in [0.717, 1.165) is 5.56 Å². The fourth-order valence-electron chi connectivity index (χ4n) is 1.50. The molecule has 0 spiro atoms.